The lowest BCUT2D eigenvalue weighted by molar-refractivity contribution is -0.142. The highest BCUT2D eigenvalue weighted by molar-refractivity contribution is 7.14. The SMILES string of the molecule is O=C(CN1C(=O)C2CC=CCC2C1=O)Nc1nc(-c2cc3cc(Cl)ccc3o2)cs1. The Morgan fingerprint density at radius 2 is 1.93 bits per heavy atom. The van der Waals surface area contributed by atoms with Crippen molar-refractivity contribution in [3.63, 3.8) is 0 Å². The van der Waals surface area contributed by atoms with Crippen LogP contribution in [0.25, 0.3) is 22.4 Å². The molecule has 3 aromatic rings. The molecule has 2 unspecified atom stereocenters. The van der Waals surface area contributed by atoms with E-state index in [1.807, 2.05) is 18.2 Å². The summed E-state index contributed by atoms with van der Waals surface area (Å²) < 4.78 is 5.79. The first-order valence-electron chi connectivity index (χ1n) is 9.44. The third kappa shape index (κ3) is 3.32. The molecule has 2 aromatic heterocycles. The van der Waals surface area contributed by atoms with Gasteiger partial charge in [-0.15, -0.1) is 11.3 Å². The molecule has 152 valence electrons. The Morgan fingerprint density at radius 1 is 1.20 bits per heavy atom. The smallest absolute Gasteiger partial charge is 0.246 e. The number of nitrogens with zero attached hydrogens (tertiary/aromatic N) is 2. The molecule has 1 saturated heterocycles. The topological polar surface area (TPSA) is 92.5 Å². The molecule has 2 aliphatic rings. The highest BCUT2D eigenvalue weighted by atomic mass is 35.5. The van der Waals surface area contributed by atoms with E-state index >= 15 is 0 Å². The lowest BCUT2D eigenvalue weighted by atomic mass is 9.85. The van der Waals surface area contributed by atoms with E-state index in [1.54, 1.807) is 23.6 Å². The zero-order chi connectivity index (χ0) is 20.8. The van der Waals surface area contributed by atoms with Crippen LogP contribution in [0.3, 0.4) is 0 Å². The number of halogens is 1. The monoisotopic (exact) mass is 441 g/mol. The van der Waals surface area contributed by atoms with Gasteiger partial charge < -0.3 is 9.73 Å². The fourth-order valence-corrected chi connectivity index (χ4v) is 4.81. The van der Waals surface area contributed by atoms with Crippen LogP contribution in [0.1, 0.15) is 12.8 Å². The molecule has 7 nitrogen and oxygen atoms in total. The first-order chi connectivity index (χ1) is 14.5. The molecule has 1 N–H and O–H groups in total. The van der Waals surface area contributed by atoms with E-state index in [1.165, 1.54) is 11.3 Å². The molecular weight excluding hydrogens is 426 g/mol. The zero-order valence-corrected chi connectivity index (χ0v) is 17.2. The van der Waals surface area contributed by atoms with Gasteiger partial charge in [-0.1, -0.05) is 23.8 Å². The van der Waals surface area contributed by atoms with Crippen molar-refractivity contribution in [1.82, 2.24) is 9.88 Å². The fraction of sp³-hybridized carbons (Fsp3) is 0.238. The number of thiazole rings is 1. The van der Waals surface area contributed by atoms with Crippen molar-refractivity contribution in [3.8, 4) is 11.5 Å². The second-order valence-corrected chi connectivity index (χ2v) is 8.59. The second kappa shape index (κ2) is 7.37. The highest BCUT2D eigenvalue weighted by Crippen LogP contribution is 2.35. The summed E-state index contributed by atoms with van der Waals surface area (Å²) >= 11 is 7.25. The first kappa shape index (κ1) is 19.0. The molecule has 1 fully saturated rings. The predicted molar refractivity (Wildman–Crippen MR) is 113 cm³/mol. The van der Waals surface area contributed by atoms with Crippen LogP contribution in [0.5, 0.6) is 0 Å². The summed E-state index contributed by atoms with van der Waals surface area (Å²) in [6.07, 6.45) is 4.93. The van der Waals surface area contributed by atoms with Gasteiger partial charge in [0, 0.05) is 15.8 Å². The fourth-order valence-electron chi connectivity index (χ4n) is 3.91. The van der Waals surface area contributed by atoms with Crippen LogP contribution >= 0.6 is 22.9 Å². The largest absolute Gasteiger partial charge is 0.454 e. The van der Waals surface area contributed by atoms with Gasteiger partial charge in [0.2, 0.25) is 17.7 Å². The number of fused-ring (bicyclic) bond motifs is 2. The number of nitrogens with one attached hydrogen (secondary N) is 1. The Labute approximate surface area is 180 Å². The molecule has 5 rings (SSSR count). The summed E-state index contributed by atoms with van der Waals surface area (Å²) in [6.45, 7) is -0.303. The maximum absolute atomic E-state index is 12.5. The number of carbonyl (C=O) groups is 3. The Bertz CT molecular complexity index is 1190. The number of imide groups is 1. The van der Waals surface area contributed by atoms with Crippen LogP contribution in [0, 0.1) is 11.8 Å². The van der Waals surface area contributed by atoms with Crippen molar-refractivity contribution >= 4 is 56.8 Å². The minimum absolute atomic E-state index is 0.273. The van der Waals surface area contributed by atoms with Gasteiger partial charge in [-0.05, 0) is 37.1 Å². The summed E-state index contributed by atoms with van der Waals surface area (Å²) in [5.74, 6) is -1.13. The summed E-state index contributed by atoms with van der Waals surface area (Å²) in [6, 6.07) is 7.17. The molecule has 1 aromatic carbocycles. The van der Waals surface area contributed by atoms with Gasteiger partial charge in [-0.3, -0.25) is 19.3 Å². The van der Waals surface area contributed by atoms with E-state index in [4.69, 9.17) is 16.0 Å². The molecule has 9 heteroatoms. The average molecular weight is 442 g/mol. The van der Waals surface area contributed by atoms with Crippen molar-refractivity contribution in [3.05, 3.63) is 46.8 Å². The number of benzene rings is 1. The molecule has 0 saturated carbocycles. The molecular formula is C21H16ClN3O4S. The third-order valence-corrected chi connectivity index (χ3v) is 6.37. The molecule has 3 amide bonds. The normalized spacial score (nSPS) is 20.8. The Morgan fingerprint density at radius 3 is 2.67 bits per heavy atom. The maximum atomic E-state index is 12.5. The Balaban J connectivity index is 1.27. The van der Waals surface area contributed by atoms with Gasteiger partial charge in [0.05, 0.1) is 11.8 Å². The highest BCUT2D eigenvalue weighted by Gasteiger charge is 2.47. The van der Waals surface area contributed by atoms with Crippen molar-refractivity contribution in [2.24, 2.45) is 11.8 Å². The Hall–Kier alpha value is -2.97. The molecule has 3 heterocycles. The van der Waals surface area contributed by atoms with Crippen LogP contribution < -0.4 is 5.32 Å². The van der Waals surface area contributed by atoms with Crippen LogP contribution in [-0.4, -0.2) is 34.2 Å². The van der Waals surface area contributed by atoms with E-state index in [0.717, 1.165) is 10.3 Å². The minimum atomic E-state index is -0.458. The maximum Gasteiger partial charge on any atom is 0.246 e. The van der Waals surface area contributed by atoms with Crippen molar-refractivity contribution in [2.75, 3.05) is 11.9 Å². The molecule has 1 aliphatic heterocycles. The number of anilines is 1. The summed E-state index contributed by atoms with van der Waals surface area (Å²) in [7, 11) is 0. The average Bonchev–Trinajstić information content (AvgIpc) is 3.42. The number of amides is 3. The van der Waals surface area contributed by atoms with E-state index in [0.29, 0.717) is 40.0 Å². The summed E-state index contributed by atoms with van der Waals surface area (Å²) in [5, 5.41) is 6.27. The lowest BCUT2D eigenvalue weighted by Gasteiger charge is -2.14. The molecule has 0 spiro atoms. The number of allylic oxidation sites excluding steroid dienone is 2. The van der Waals surface area contributed by atoms with E-state index in [2.05, 4.69) is 10.3 Å². The van der Waals surface area contributed by atoms with Crippen LogP contribution in [0.4, 0.5) is 5.13 Å². The number of aromatic nitrogens is 1. The van der Waals surface area contributed by atoms with Crippen molar-refractivity contribution < 1.29 is 18.8 Å². The van der Waals surface area contributed by atoms with Crippen LogP contribution in [0.2, 0.25) is 5.02 Å². The van der Waals surface area contributed by atoms with Gasteiger partial charge >= 0.3 is 0 Å². The quantitative estimate of drug-likeness (QED) is 0.486. The number of carbonyl (C=O) groups excluding carboxylic acids is 3. The lowest BCUT2D eigenvalue weighted by Crippen LogP contribution is -2.38. The number of furan rings is 1. The molecule has 2 atom stereocenters. The van der Waals surface area contributed by atoms with Crippen molar-refractivity contribution in [1.29, 1.82) is 0 Å². The Kier molecular flexibility index (Phi) is 4.67. The van der Waals surface area contributed by atoms with E-state index in [9.17, 15) is 14.4 Å². The summed E-state index contributed by atoms with van der Waals surface area (Å²) in [4.78, 5) is 42.9. The van der Waals surface area contributed by atoms with Crippen LogP contribution in [0.15, 0.2) is 46.2 Å². The molecule has 0 bridgehead atoms. The number of hydrogen-bond acceptors (Lipinski definition) is 6. The standard InChI is InChI=1S/C21H16ClN3O4S/c22-12-5-6-16-11(7-12)8-17(29-16)15-10-30-21(23-15)24-18(26)9-25-19(27)13-3-1-2-4-14(13)20(25)28/h1-2,5-8,10,13-14H,3-4,9H2,(H,23,24,26). The number of rotatable bonds is 4. The molecule has 0 radical (unpaired) electrons. The van der Waals surface area contributed by atoms with Gasteiger partial charge in [-0.2, -0.15) is 0 Å². The zero-order valence-electron chi connectivity index (χ0n) is 15.6. The molecule has 30 heavy (non-hydrogen) atoms. The third-order valence-electron chi connectivity index (χ3n) is 5.38. The predicted octanol–water partition coefficient (Wildman–Crippen LogP) is 4.10. The first-order valence-corrected chi connectivity index (χ1v) is 10.7. The molecule has 1 aliphatic carbocycles. The van der Waals surface area contributed by atoms with E-state index in [-0.39, 0.29) is 30.2 Å². The minimum Gasteiger partial charge on any atom is -0.454 e. The van der Waals surface area contributed by atoms with Gasteiger partial charge in [-0.25, -0.2) is 4.98 Å². The van der Waals surface area contributed by atoms with Gasteiger partial charge in [0.25, 0.3) is 0 Å². The number of likely N-dealkylation sites (tertiary alicyclic amines) is 1. The van der Waals surface area contributed by atoms with Gasteiger partial charge in [0.15, 0.2) is 10.9 Å². The number of hydrogen-bond donors (Lipinski definition) is 1. The van der Waals surface area contributed by atoms with Crippen LogP contribution in [-0.2, 0) is 14.4 Å². The summed E-state index contributed by atoms with van der Waals surface area (Å²) in [5.41, 5.74) is 1.27. The second-order valence-electron chi connectivity index (χ2n) is 7.30. The van der Waals surface area contributed by atoms with Crippen molar-refractivity contribution in [2.45, 2.75) is 12.8 Å². The van der Waals surface area contributed by atoms with Gasteiger partial charge in [0.1, 0.15) is 17.8 Å². The van der Waals surface area contributed by atoms with E-state index < -0.39 is 5.91 Å².